The minimum absolute atomic E-state index is 0. The Kier molecular flexibility index (Phi) is 5.08. The molecule has 1 rings (SSSR count). The van der Waals surface area contributed by atoms with Crippen LogP contribution in [0.2, 0.25) is 10.0 Å². The van der Waals surface area contributed by atoms with E-state index in [1.807, 2.05) is 0 Å². The third kappa shape index (κ3) is 2.61. The van der Waals surface area contributed by atoms with Crippen LogP contribution in [0.15, 0.2) is 12.1 Å². The van der Waals surface area contributed by atoms with Gasteiger partial charge in [0.05, 0.1) is 15.6 Å². The van der Waals surface area contributed by atoms with Crippen LogP contribution in [0.25, 0.3) is 0 Å². The van der Waals surface area contributed by atoms with Crippen molar-refractivity contribution in [1.29, 1.82) is 0 Å². The van der Waals surface area contributed by atoms with Crippen molar-refractivity contribution in [2.45, 2.75) is 5.92 Å². The van der Waals surface area contributed by atoms with Crippen LogP contribution >= 0.6 is 23.2 Å². The first-order chi connectivity index (χ1) is 6.78. The van der Waals surface area contributed by atoms with Gasteiger partial charge in [0, 0.05) is 5.69 Å². The molecule has 1 aromatic rings. The van der Waals surface area contributed by atoms with Crippen molar-refractivity contribution in [3.8, 4) is 0 Å². The summed E-state index contributed by atoms with van der Waals surface area (Å²) >= 11 is 11.0. The van der Waals surface area contributed by atoms with Gasteiger partial charge in [0.2, 0.25) is 0 Å². The number of carboxylic acid groups (broad SMARTS) is 1. The second-order valence-corrected chi connectivity index (χ2v) is 3.49. The quantitative estimate of drug-likeness (QED) is 0.577. The van der Waals surface area contributed by atoms with Crippen LogP contribution < -0.4 is 24.6 Å². The number of nitrogen functional groups attached to an aromatic ring is 1. The standard InChI is InChI=1S/C8H5Cl2F2NO2.Li.H/c9-3-1-2-4(13)5(6(3)10)8(11,12)7(14)15;;/h1-2H,13H2,(H,14,15);;/q;+1;-1. The van der Waals surface area contributed by atoms with Crippen molar-refractivity contribution in [3.63, 3.8) is 0 Å². The zero-order valence-electron chi connectivity index (χ0n) is 9.10. The third-order valence-electron chi connectivity index (χ3n) is 1.71. The first-order valence-corrected chi connectivity index (χ1v) is 4.39. The Labute approximate surface area is 113 Å². The van der Waals surface area contributed by atoms with Crippen LogP contribution in [0.4, 0.5) is 14.5 Å². The van der Waals surface area contributed by atoms with E-state index in [1.165, 1.54) is 6.07 Å². The summed E-state index contributed by atoms with van der Waals surface area (Å²) in [6.45, 7) is 0. The van der Waals surface area contributed by atoms with Gasteiger partial charge in [-0.2, -0.15) is 8.78 Å². The Hall–Kier alpha value is -0.473. The van der Waals surface area contributed by atoms with E-state index >= 15 is 0 Å². The number of carbonyl (C=O) groups is 1. The summed E-state index contributed by atoms with van der Waals surface area (Å²) in [4.78, 5) is 10.3. The summed E-state index contributed by atoms with van der Waals surface area (Å²) in [5, 5.41) is 7.60. The third-order valence-corrected chi connectivity index (χ3v) is 2.51. The molecule has 0 saturated carbocycles. The molecule has 0 aliphatic carbocycles. The van der Waals surface area contributed by atoms with Crippen molar-refractivity contribution in [3.05, 3.63) is 27.7 Å². The number of carboxylic acids is 1. The van der Waals surface area contributed by atoms with E-state index in [2.05, 4.69) is 0 Å². The molecule has 1 aromatic carbocycles. The fourth-order valence-corrected chi connectivity index (χ4v) is 1.44. The number of alkyl halides is 2. The van der Waals surface area contributed by atoms with Crippen molar-refractivity contribution >= 4 is 34.9 Å². The monoisotopic (exact) mass is 263 g/mol. The van der Waals surface area contributed by atoms with E-state index in [9.17, 15) is 13.6 Å². The predicted molar refractivity (Wildman–Crippen MR) is 53.5 cm³/mol. The van der Waals surface area contributed by atoms with E-state index < -0.39 is 28.2 Å². The Morgan fingerprint density at radius 3 is 2.38 bits per heavy atom. The molecule has 3 N–H and O–H groups in total. The van der Waals surface area contributed by atoms with Crippen LogP contribution in [-0.2, 0) is 10.7 Å². The largest absolute Gasteiger partial charge is 1.00 e. The molecule has 0 aromatic heterocycles. The van der Waals surface area contributed by atoms with Gasteiger partial charge in [-0.05, 0) is 12.1 Å². The molecule has 8 heteroatoms. The van der Waals surface area contributed by atoms with Crippen LogP contribution in [-0.4, -0.2) is 11.1 Å². The number of hydrogen-bond donors (Lipinski definition) is 2. The molecule has 0 spiro atoms. The molecule has 0 amide bonds. The van der Waals surface area contributed by atoms with Gasteiger partial charge in [0.1, 0.15) is 0 Å². The molecular formula is C8H6Cl2F2LiNO2. The van der Waals surface area contributed by atoms with Gasteiger partial charge in [-0.15, -0.1) is 0 Å². The normalized spacial score (nSPS) is 10.8. The molecule has 0 bridgehead atoms. The van der Waals surface area contributed by atoms with Crippen LogP contribution in [0.3, 0.4) is 0 Å². The van der Waals surface area contributed by atoms with Crippen LogP contribution in [0.5, 0.6) is 0 Å². The van der Waals surface area contributed by atoms with E-state index in [0.29, 0.717) is 0 Å². The zero-order valence-corrected chi connectivity index (χ0v) is 9.61. The van der Waals surface area contributed by atoms with Gasteiger partial charge >= 0.3 is 30.8 Å². The molecule has 0 aliphatic rings. The average molecular weight is 264 g/mol. The Morgan fingerprint density at radius 1 is 1.44 bits per heavy atom. The van der Waals surface area contributed by atoms with Gasteiger partial charge in [0.15, 0.2) is 0 Å². The first-order valence-electron chi connectivity index (χ1n) is 3.63. The fraction of sp³-hybridized carbons (Fsp3) is 0.125. The van der Waals surface area contributed by atoms with Gasteiger partial charge in [-0.3, -0.25) is 0 Å². The van der Waals surface area contributed by atoms with Crippen molar-refractivity contribution in [1.82, 2.24) is 0 Å². The Morgan fingerprint density at radius 2 is 1.94 bits per heavy atom. The number of anilines is 1. The molecule has 0 saturated heterocycles. The maximum atomic E-state index is 13.2. The summed E-state index contributed by atoms with van der Waals surface area (Å²) < 4.78 is 26.3. The number of benzene rings is 1. The minimum atomic E-state index is -4.16. The molecule has 0 atom stereocenters. The summed E-state index contributed by atoms with van der Waals surface area (Å²) in [5.74, 6) is -6.50. The number of aliphatic carboxylic acids is 1. The molecule has 0 radical (unpaired) electrons. The van der Waals surface area contributed by atoms with E-state index in [0.717, 1.165) is 6.07 Å². The van der Waals surface area contributed by atoms with Crippen molar-refractivity contribution in [2.75, 3.05) is 5.73 Å². The molecule has 16 heavy (non-hydrogen) atoms. The van der Waals surface area contributed by atoms with Gasteiger partial charge in [0.25, 0.3) is 0 Å². The molecule has 0 aliphatic heterocycles. The van der Waals surface area contributed by atoms with E-state index in [4.69, 9.17) is 34.0 Å². The SMILES string of the molecule is Nc1ccc(Cl)c(Cl)c1C(F)(F)C(=O)O.[H-].[Li+]. The summed E-state index contributed by atoms with van der Waals surface area (Å²) in [5.41, 5.74) is 3.83. The van der Waals surface area contributed by atoms with Gasteiger partial charge < -0.3 is 12.3 Å². The number of rotatable bonds is 2. The number of hydrogen-bond acceptors (Lipinski definition) is 2. The first kappa shape index (κ1) is 15.5. The summed E-state index contributed by atoms with van der Waals surface area (Å²) in [6, 6.07) is 2.28. The maximum Gasteiger partial charge on any atom is 1.00 e. The predicted octanol–water partition coefficient (Wildman–Crippen LogP) is -0.132. The Balaban J connectivity index is 0. The smallest absolute Gasteiger partial charge is 1.00 e. The summed E-state index contributed by atoms with van der Waals surface area (Å²) in [7, 11) is 0. The number of halogens is 4. The fourth-order valence-electron chi connectivity index (χ4n) is 0.992. The molecule has 3 nitrogen and oxygen atoms in total. The molecular weight excluding hydrogens is 258 g/mol. The van der Waals surface area contributed by atoms with Crippen molar-refractivity contribution in [2.24, 2.45) is 0 Å². The van der Waals surface area contributed by atoms with Gasteiger partial charge in [-0.25, -0.2) is 4.79 Å². The molecule has 84 valence electrons. The molecule has 0 unspecified atom stereocenters. The average Bonchev–Trinajstić information content (AvgIpc) is 2.11. The zero-order chi connectivity index (χ0) is 11.8. The second kappa shape index (κ2) is 5.24. The van der Waals surface area contributed by atoms with E-state index in [-0.39, 0.29) is 25.3 Å². The van der Waals surface area contributed by atoms with Crippen LogP contribution in [0, 0.1) is 0 Å². The van der Waals surface area contributed by atoms with Crippen LogP contribution in [0.1, 0.15) is 6.99 Å². The topological polar surface area (TPSA) is 63.3 Å². The summed E-state index contributed by atoms with van der Waals surface area (Å²) in [6.07, 6.45) is 0. The molecule has 0 fully saturated rings. The van der Waals surface area contributed by atoms with Gasteiger partial charge in [-0.1, -0.05) is 23.2 Å². The second-order valence-electron chi connectivity index (χ2n) is 2.71. The molecule has 0 heterocycles. The number of nitrogens with two attached hydrogens (primary N) is 1. The maximum absolute atomic E-state index is 13.2. The Bertz CT molecular complexity index is 434. The van der Waals surface area contributed by atoms with Crippen molar-refractivity contribution < 1.29 is 39.0 Å². The van der Waals surface area contributed by atoms with E-state index in [1.54, 1.807) is 0 Å². The minimum Gasteiger partial charge on any atom is -1.00 e.